The van der Waals surface area contributed by atoms with Crippen LogP contribution in [0.2, 0.25) is 5.02 Å². The number of nitrogens with one attached hydrogen (secondary N) is 2. The van der Waals surface area contributed by atoms with Gasteiger partial charge in [-0.1, -0.05) is 22.9 Å². The van der Waals surface area contributed by atoms with Crippen molar-refractivity contribution in [2.75, 3.05) is 12.4 Å². The number of thiocarbonyl (C=S) groups is 1. The van der Waals surface area contributed by atoms with Gasteiger partial charge >= 0.3 is 0 Å². The summed E-state index contributed by atoms with van der Waals surface area (Å²) in [6.45, 7) is 0. The number of aromatic hydroxyl groups is 1. The lowest BCUT2D eigenvalue weighted by Crippen LogP contribution is -2.34. The maximum atomic E-state index is 12.4. The molecule has 1 amide bonds. The fraction of sp³-hybridized carbons (Fsp3) is 0.0625. The van der Waals surface area contributed by atoms with E-state index in [4.69, 9.17) is 28.6 Å². The molecule has 6 nitrogen and oxygen atoms in total. The molecule has 3 rings (SSSR count). The summed E-state index contributed by atoms with van der Waals surface area (Å²) in [5.41, 5.74) is 0.990. The van der Waals surface area contributed by atoms with Crippen LogP contribution in [0.3, 0.4) is 0 Å². The summed E-state index contributed by atoms with van der Waals surface area (Å²) in [6.07, 6.45) is 0. The zero-order valence-corrected chi connectivity index (χ0v) is 15.3. The molecule has 1 heterocycles. The number of amides is 1. The molecule has 2 aromatic carbocycles. The number of methoxy groups -OCH3 is 1. The highest BCUT2D eigenvalue weighted by Gasteiger charge is 2.15. The number of thiazole rings is 1. The van der Waals surface area contributed by atoms with Gasteiger partial charge in [-0.05, 0) is 48.6 Å². The van der Waals surface area contributed by atoms with Gasteiger partial charge in [0.15, 0.2) is 10.2 Å². The molecule has 0 spiro atoms. The summed E-state index contributed by atoms with van der Waals surface area (Å²) in [5.74, 6) is 0.0994. The predicted molar refractivity (Wildman–Crippen MR) is 103 cm³/mol. The topological polar surface area (TPSA) is 83.5 Å². The van der Waals surface area contributed by atoms with Crippen LogP contribution in [0.25, 0.3) is 10.2 Å². The van der Waals surface area contributed by atoms with Crippen molar-refractivity contribution in [2.45, 2.75) is 0 Å². The molecular formula is C16H12ClN3O3S2. The number of nitrogens with zero attached hydrogens (tertiary/aromatic N) is 1. The van der Waals surface area contributed by atoms with E-state index in [-0.39, 0.29) is 16.4 Å². The Balaban J connectivity index is 1.73. The fourth-order valence-corrected chi connectivity index (χ4v) is 3.45. The van der Waals surface area contributed by atoms with Gasteiger partial charge < -0.3 is 15.2 Å². The summed E-state index contributed by atoms with van der Waals surface area (Å²) in [4.78, 5) is 16.7. The van der Waals surface area contributed by atoms with Gasteiger partial charge in [0.1, 0.15) is 11.5 Å². The van der Waals surface area contributed by atoms with Crippen molar-refractivity contribution in [1.82, 2.24) is 10.3 Å². The number of phenols is 1. The summed E-state index contributed by atoms with van der Waals surface area (Å²) in [7, 11) is 1.47. The molecule has 0 saturated carbocycles. The van der Waals surface area contributed by atoms with E-state index in [0.717, 1.165) is 10.2 Å². The normalized spacial score (nSPS) is 10.5. The first kappa shape index (κ1) is 17.4. The van der Waals surface area contributed by atoms with Gasteiger partial charge in [0.05, 0.1) is 22.9 Å². The second-order valence-corrected chi connectivity index (χ2v) is 6.80. The molecule has 0 unspecified atom stereocenters. The van der Waals surface area contributed by atoms with Gasteiger partial charge in [-0.3, -0.25) is 10.1 Å². The standard InChI is InChI=1S/C16H12ClN3O3S2/c1-23-12-5-2-8(17)6-10(12)14(22)19-15(24)20-16-18-11-4-3-9(21)7-13(11)25-16/h2-7,21H,1H3,(H2,18,19,20,22,24). The SMILES string of the molecule is COc1ccc(Cl)cc1C(=O)NC(=S)Nc1nc2ccc(O)cc2s1. The van der Waals surface area contributed by atoms with Crippen LogP contribution in [0.4, 0.5) is 5.13 Å². The Morgan fingerprint density at radius 2 is 2.12 bits per heavy atom. The Morgan fingerprint density at radius 1 is 1.32 bits per heavy atom. The molecule has 1 aromatic heterocycles. The van der Waals surface area contributed by atoms with Crippen LogP contribution in [-0.2, 0) is 0 Å². The average molecular weight is 394 g/mol. The summed E-state index contributed by atoms with van der Waals surface area (Å²) in [5, 5.41) is 15.9. The minimum absolute atomic E-state index is 0.0929. The third-order valence-electron chi connectivity index (χ3n) is 3.23. The zero-order chi connectivity index (χ0) is 18.0. The number of ether oxygens (including phenoxy) is 1. The fourth-order valence-electron chi connectivity index (χ4n) is 2.12. The van der Waals surface area contributed by atoms with Crippen molar-refractivity contribution >= 4 is 61.5 Å². The largest absolute Gasteiger partial charge is 0.508 e. The van der Waals surface area contributed by atoms with Crippen molar-refractivity contribution in [3.63, 3.8) is 0 Å². The molecule has 0 fully saturated rings. The Morgan fingerprint density at radius 3 is 2.88 bits per heavy atom. The number of fused-ring (bicyclic) bond motifs is 1. The Hall–Kier alpha value is -2.42. The lowest BCUT2D eigenvalue weighted by atomic mass is 10.2. The quantitative estimate of drug-likeness (QED) is 0.587. The van der Waals surface area contributed by atoms with Gasteiger partial charge in [0, 0.05) is 5.02 Å². The lowest BCUT2D eigenvalue weighted by molar-refractivity contribution is 0.0975. The second-order valence-electron chi connectivity index (χ2n) is 4.92. The molecule has 0 saturated heterocycles. The molecule has 128 valence electrons. The van der Waals surface area contributed by atoms with Gasteiger partial charge in [0.25, 0.3) is 5.91 Å². The molecule has 25 heavy (non-hydrogen) atoms. The summed E-state index contributed by atoms with van der Waals surface area (Å²) >= 11 is 12.4. The molecule has 9 heteroatoms. The Labute approximate surface area is 157 Å². The van der Waals surface area contributed by atoms with Crippen molar-refractivity contribution in [1.29, 1.82) is 0 Å². The molecule has 0 bridgehead atoms. The van der Waals surface area contributed by atoms with E-state index in [1.807, 2.05) is 0 Å². The van der Waals surface area contributed by atoms with Crippen LogP contribution in [0.5, 0.6) is 11.5 Å². The number of carbonyl (C=O) groups excluding carboxylic acids is 1. The van der Waals surface area contributed by atoms with Crippen LogP contribution < -0.4 is 15.4 Å². The van der Waals surface area contributed by atoms with E-state index in [1.54, 1.807) is 30.3 Å². The van der Waals surface area contributed by atoms with Crippen LogP contribution in [0.1, 0.15) is 10.4 Å². The highest BCUT2D eigenvalue weighted by atomic mass is 35.5. The minimum Gasteiger partial charge on any atom is -0.508 e. The molecule has 3 N–H and O–H groups in total. The van der Waals surface area contributed by atoms with Crippen LogP contribution in [-0.4, -0.2) is 28.2 Å². The number of hydrogen-bond acceptors (Lipinski definition) is 6. The van der Waals surface area contributed by atoms with Crippen LogP contribution in [0, 0.1) is 0 Å². The molecule has 0 aliphatic carbocycles. The monoisotopic (exact) mass is 393 g/mol. The van der Waals surface area contributed by atoms with Crippen molar-refractivity contribution in [3.05, 3.63) is 47.0 Å². The van der Waals surface area contributed by atoms with E-state index in [9.17, 15) is 9.90 Å². The van der Waals surface area contributed by atoms with Crippen molar-refractivity contribution in [3.8, 4) is 11.5 Å². The first-order valence-electron chi connectivity index (χ1n) is 7.01. The van der Waals surface area contributed by atoms with Crippen LogP contribution >= 0.6 is 35.2 Å². The minimum atomic E-state index is -0.449. The lowest BCUT2D eigenvalue weighted by Gasteiger charge is -2.10. The number of benzene rings is 2. The molecule has 3 aromatic rings. The van der Waals surface area contributed by atoms with E-state index in [2.05, 4.69) is 15.6 Å². The number of anilines is 1. The summed E-state index contributed by atoms with van der Waals surface area (Å²) in [6, 6.07) is 9.59. The Bertz CT molecular complexity index is 974. The smallest absolute Gasteiger partial charge is 0.261 e. The maximum Gasteiger partial charge on any atom is 0.261 e. The second kappa shape index (κ2) is 7.22. The highest BCUT2D eigenvalue weighted by Crippen LogP contribution is 2.28. The number of rotatable bonds is 3. The average Bonchev–Trinajstić information content (AvgIpc) is 2.95. The van der Waals surface area contributed by atoms with E-state index in [1.165, 1.54) is 24.5 Å². The van der Waals surface area contributed by atoms with Gasteiger partial charge in [0.2, 0.25) is 0 Å². The van der Waals surface area contributed by atoms with E-state index in [0.29, 0.717) is 15.9 Å². The van der Waals surface area contributed by atoms with Gasteiger partial charge in [-0.2, -0.15) is 0 Å². The number of phenolic OH excluding ortho intramolecular Hbond substituents is 1. The van der Waals surface area contributed by atoms with Crippen molar-refractivity contribution in [2.24, 2.45) is 0 Å². The third kappa shape index (κ3) is 3.98. The molecule has 0 aliphatic rings. The highest BCUT2D eigenvalue weighted by molar-refractivity contribution is 7.80. The number of aromatic nitrogens is 1. The summed E-state index contributed by atoms with van der Waals surface area (Å²) < 4.78 is 5.95. The number of halogens is 1. The van der Waals surface area contributed by atoms with Gasteiger partial charge in [-0.25, -0.2) is 4.98 Å². The molecular weight excluding hydrogens is 382 g/mol. The zero-order valence-electron chi connectivity index (χ0n) is 12.9. The van der Waals surface area contributed by atoms with Gasteiger partial charge in [-0.15, -0.1) is 0 Å². The number of hydrogen-bond donors (Lipinski definition) is 3. The number of carbonyl (C=O) groups is 1. The third-order valence-corrected chi connectivity index (χ3v) is 4.60. The van der Waals surface area contributed by atoms with Crippen LogP contribution in [0.15, 0.2) is 36.4 Å². The first-order valence-corrected chi connectivity index (χ1v) is 8.62. The Kier molecular flexibility index (Phi) is 5.03. The van der Waals surface area contributed by atoms with E-state index >= 15 is 0 Å². The molecule has 0 atom stereocenters. The first-order chi connectivity index (χ1) is 12.0. The maximum absolute atomic E-state index is 12.4. The molecule has 0 aliphatic heterocycles. The van der Waals surface area contributed by atoms with Crippen molar-refractivity contribution < 1.29 is 14.6 Å². The van der Waals surface area contributed by atoms with E-state index < -0.39 is 5.91 Å². The molecule has 0 radical (unpaired) electrons. The predicted octanol–water partition coefficient (Wildman–Crippen LogP) is 3.79.